The average molecular weight is 114 g/mol. The highest BCUT2D eigenvalue weighted by molar-refractivity contribution is 6.28. The van der Waals surface area contributed by atoms with Crippen LogP contribution in [0.5, 0.6) is 0 Å². The fourth-order valence-electron chi connectivity index (χ4n) is 0. The molecule has 6 heavy (non-hydrogen) atoms. The molecule has 0 atom stereocenters. The highest BCUT2D eigenvalue weighted by Crippen LogP contribution is 2.07. The molecule has 0 saturated heterocycles. The normalized spacial score (nSPS) is 13.8. The van der Waals surface area contributed by atoms with Gasteiger partial charge in [-0.2, -0.15) is 8.78 Å². The van der Waals surface area contributed by atoms with Crippen LogP contribution >= 0.6 is 11.6 Å². The third-order valence-electron chi connectivity index (χ3n) is 0.156. The molecule has 0 spiro atoms. The SMILES string of the molecule is O/C(F)=C(/F)Cl. The summed E-state index contributed by atoms with van der Waals surface area (Å²) in [5.74, 6) is 0. The minimum atomic E-state index is -1.98. The lowest BCUT2D eigenvalue weighted by Gasteiger charge is -1.75. The zero-order valence-electron chi connectivity index (χ0n) is 2.58. The molecule has 0 aliphatic heterocycles. The van der Waals surface area contributed by atoms with Crippen LogP contribution in [-0.2, 0) is 0 Å². The highest BCUT2D eigenvalue weighted by atomic mass is 35.5. The van der Waals surface area contributed by atoms with Gasteiger partial charge in [0.05, 0.1) is 0 Å². The molecular weight excluding hydrogens is 113 g/mol. The van der Waals surface area contributed by atoms with E-state index in [4.69, 9.17) is 5.11 Å². The first kappa shape index (κ1) is 5.69. The summed E-state index contributed by atoms with van der Waals surface area (Å²) in [6.07, 6.45) is 0. The minimum Gasteiger partial charge on any atom is -0.484 e. The predicted molar refractivity (Wildman–Crippen MR) is 17.7 cm³/mol. The molecule has 0 fully saturated rings. The topological polar surface area (TPSA) is 20.2 Å². The van der Waals surface area contributed by atoms with Crippen molar-refractivity contribution in [3.8, 4) is 0 Å². The smallest absolute Gasteiger partial charge is 0.318 e. The molecule has 0 aromatic rings. The molecule has 0 radical (unpaired) electrons. The van der Waals surface area contributed by atoms with E-state index >= 15 is 0 Å². The molecule has 0 amide bonds. The van der Waals surface area contributed by atoms with Crippen LogP contribution in [0.2, 0.25) is 0 Å². The van der Waals surface area contributed by atoms with Gasteiger partial charge in [0.1, 0.15) is 0 Å². The van der Waals surface area contributed by atoms with Gasteiger partial charge in [0.25, 0.3) is 5.29 Å². The van der Waals surface area contributed by atoms with Crippen molar-refractivity contribution in [3.05, 3.63) is 11.3 Å². The Balaban J connectivity index is 3.68. The van der Waals surface area contributed by atoms with Crippen molar-refractivity contribution in [1.29, 1.82) is 0 Å². The van der Waals surface area contributed by atoms with E-state index in [9.17, 15) is 8.78 Å². The molecule has 0 aliphatic carbocycles. The van der Waals surface area contributed by atoms with Crippen LogP contribution in [-0.4, -0.2) is 5.11 Å². The van der Waals surface area contributed by atoms with Gasteiger partial charge >= 0.3 is 6.01 Å². The van der Waals surface area contributed by atoms with E-state index in [1.165, 1.54) is 0 Å². The number of rotatable bonds is 0. The average Bonchev–Trinajstić information content (AvgIpc) is 1.36. The predicted octanol–water partition coefficient (Wildman–Crippen LogP) is 1.85. The van der Waals surface area contributed by atoms with Gasteiger partial charge < -0.3 is 5.11 Å². The summed E-state index contributed by atoms with van der Waals surface area (Å²) < 4.78 is 21.6. The maximum absolute atomic E-state index is 10.8. The molecule has 0 rings (SSSR count). The molecule has 0 bridgehead atoms. The third-order valence-corrected chi connectivity index (χ3v) is 0.312. The summed E-state index contributed by atoms with van der Waals surface area (Å²) in [4.78, 5) is 0. The molecule has 0 aromatic carbocycles. The molecular formula is C2HClF2O. The molecule has 0 saturated carbocycles. The van der Waals surface area contributed by atoms with Crippen LogP contribution in [0.4, 0.5) is 8.78 Å². The van der Waals surface area contributed by atoms with Crippen molar-refractivity contribution < 1.29 is 13.9 Å². The van der Waals surface area contributed by atoms with E-state index in [1.807, 2.05) is 0 Å². The van der Waals surface area contributed by atoms with Crippen molar-refractivity contribution in [3.63, 3.8) is 0 Å². The summed E-state index contributed by atoms with van der Waals surface area (Å²) in [5.41, 5.74) is 0. The van der Waals surface area contributed by atoms with E-state index < -0.39 is 11.3 Å². The van der Waals surface area contributed by atoms with Crippen LogP contribution in [0.15, 0.2) is 11.3 Å². The van der Waals surface area contributed by atoms with Gasteiger partial charge in [-0.15, -0.1) is 0 Å². The molecule has 0 aromatic heterocycles. The lowest BCUT2D eigenvalue weighted by atomic mass is 11.1. The molecule has 0 unspecified atom stereocenters. The third kappa shape index (κ3) is 1.96. The van der Waals surface area contributed by atoms with Crippen molar-refractivity contribution in [2.24, 2.45) is 0 Å². The lowest BCUT2D eigenvalue weighted by molar-refractivity contribution is 0.267. The number of halogens is 3. The zero-order valence-corrected chi connectivity index (χ0v) is 3.34. The van der Waals surface area contributed by atoms with Crippen LogP contribution in [0.25, 0.3) is 0 Å². The monoisotopic (exact) mass is 114 g/mol. The van der Waals surface area contributed by atoms with Crippen molar-refractivity contribution in [1.82, 2.24) is 0 Å². The maximum Gasteiger partial charge on any atom is 0.318 e. The first-order chi connectivity index (χ1) is 2.64. The van der Waals surface area contributed by atoms with E-state index in [0.29, 0.717) is 0 Å². The largest absolute Gasteiger partial charge is 0.484 e. The Labute approximate surface area is 37.8 Å². The number of aliphatic hydroxyl groups excluding tert-OH is 1. The standard InChI is InChI=1S/C2HClF2O/c3-1(4)2(5)6/h6H/b2-1+. The highest BCUT2D eigenvalue weighted by Gasteiger charge is 1.93. The Morgan fingerprint density at radius 1 is 1.50 bits per heavy atom. The van der Waals surface area contributed by atoms with Crippen LogP contribution in [0, 0.1) is 0 Å². The number of hydrogen-bond donors (Lipinski definition) is 1. The van der Waals surface area contributed by atoms with E-state index in [-0.39, 0.29) is 0 Å². The molecule has 1 nitrogen and oxygen atoms in total. The van der Waals surface area contributed by atoms with Gasteiger partial charge in [0, 0.05) is 0 Å². The summed E-state index contributed by atoms with van der Waals surface area (Å²) >= 11 is 4.20. The number of aliphatic hydroxyl groups is 1. The Morgan fingerprint density at radius 3 is 1.67 bits per heavy atom. The fraction of sp³-hybridized carbons (Fsp3) is 0. The maximum atomic E-state index is 10.8. The summed E-state index contributed by atoms with van der Waals surface area (Å²) in [6.45, 7) is 0. The van der Waals surface area contributed by atoms with E-state index in [1.54, 1.807) is 0 Å². The molecule has 0 aliphatic rings. The Morgan fingerprint density at radius 2 is 1.67 bits per heavy atom. The summed E-state index contributed by atoms with van der Waals surface area (Å²) in [6, 6.07) is -1.98. The number of hydrogen-bond acceptors (Lipinski definition) is 1. The summed E-state index contributed by atoms with van der Waals surface area (Å²) in [5, 5.41) is 5.62. The van der Waals surface area contributed by atoms with Gasteiger partial charge in [-0.05, 0) is 11.6 Å². The first-order valence-electron chi connectivity index (χ1n) is 1.04. The Hall–Kier alpha value is -0.310. The first-order valence-corrected chi connectivity index (χ1v) is 1.42. The lowest BCUT2D eigenvalue weighted by Crippen LogP contribution is -1.64. The van der Waals surface area contributed by atoms with Crippen molar-refractivity contribution >= 4 is 11.6 Å². The summed E-state index contributed by atoms with van der Waals surface area (Å²) in [7, 11) is 0. The van der Waals surface area contributed by atoms with E-state index in [2.05, 4.69) is 11.6 Å². The molecule has 1 N–H and O–H groups in total. The Bertz CT molecular complexity index is 61.6. The quantitative estimate of drug-likeness (QED) is 0.477. The molecule has 0 heterocycles. The van der Waals surface area contributed by atoms with Crippen LogP contribution in [0.3, 0.4) is 0 Å². The van der Waals surface area contributed by atoms with E-state index in [0.717, 1.165) is 0 Å². The second kappa shape index (κ2) is 1.97. The van der Waals surface area contributed by atoms with Gasteiger partial charge in [-0.3, -0.25) is 0 Å². The zero-order chi connectivity index (χ0) is 5.15. The van der Waals surface area contributed by atoms with Gasteiger partial charge in [0.2, 0.25) is 0 Å². The van der Waals surface area contributed by atoms with Crippen LogP contribution in [0.1, 0.15) is 0 Å². The molecule has 4 heteroatoms. The second-order valence-electron chi connectivity index (χ2n) is 0.551. The Kier molecular flexibility index (Phi) is 1.87. The van der Waals surface area contributed by atoms with Crippen LogP contribution < -0.4 is 0 Å². The minimum absolute atomic E-state index is 1.71. The van der Waals surface area contributed by atoms with Crippen molar-refractivity contribution in [2.45, 2.75) is 0 Å². The van der Waals surface area contributed by atoms with Gasteiger partial charge in [-0.1, -0.05) is 0 Å². The van der Waals surface area contributed by atoms with Gasteiger partial charge in [0.15, 0.2) is 0 Å². The van der Waals surface area contributed by atoms with Gasteiger partial charge in [-0.25, -0.2) is 0 Å². The van der Waals surface area contributed by atoms with Crippen molar-refractivity contribution in [2.75, 3.05) is 0 Å². The fourth-order valence-corrected chi connectivity index (χ4v) is 0. The second-order valence-corrected chi connectivity index (χ2v) is 0.883. The molecule has 36 valence electrons.